The molecule has 0 unspecified atom stereocenters. The van der Waals surface area contributed by atoms with Crippen molar-refractivity contribution in [3.63, 3.8) is 0 Å². The number of amides is 1. The lowest BCUT2D eigenvalue weighted by Gasteiger charge is -2.26. The van der Waals surface area contributed by atoms with E-state index in [1.165, 1.54) is 16.4 Å². The minimum Gasteiger partial charge on any atom is -0.489 e. The zero-order chi connectivity index (χ0) is 22.6. The SMILES string of the molecule is Cc1noc(C)c1CCC(=O)Nc1cc(S(=O)(=O)N2CCOCC2)ccc1OC(C)C. The van der Waals surface area contributed by atoms with E-state index in [1.54, 1.807) is 6.07 Å². The molecular weight excluding hydrogens is 422 g/mol. The molecular formula is C21H29N3O6S. The molecule has 1 N–H and O–H groups in total. The largest absolute Gasteiger partial charge is 0.489 e. The molecule has 1 aromatic heterocycles. The van der Waals surface area contributed by atoms with E-state index in [9.17, 15) is 13.2 Å². The van der Waals surface area contributed by atoms with Crippen molar-refractivity contribution in [1.29, 1.82) is 0 Å². The van der Waals surface area contributed by atoms with Crippen molar-refractivity contribution in [2.24, 2.45) is 0 Å². The highest BCUT2D eigenvalue weighted by Gasteiger charge is 2.27. The number of hydrogen-bond acceptors (Lipinski definition) is 7. The zero-order valence-electron chi connectivity index (χ0n) is 18.3. The number of nitrogens with one attached hydrogen (secondary N) is 1. The number of aryl methyl sites for hydroxylation is 2. The van der Waals surface area contributed by atoms with Gasteiger partial charge in [0.15, 0.2) is 0 Å². The fourth-order valence-corrected chi connectivity index (χ4v) is 4.80. The molecule has 2 aromatic rings. The van der Waals surface area contributed by atoms with Crippen LogP contribution in [0.5, 0.6) is 5.75 Å². The fourth-order valence-electron chi connectivity index (χ4n) is 3.37. The first kappa shape index (κ1) is 23.2. The third-order valence-corrected chi connectivity index (χ3v) is 6.87. The van der Waals surface area contributed by atoms with Crippen LogP contribution in [0.1, 0.15) is 37.3 Å². The van der Waals surface area contributed by atoms with Crippen LogP contribution in [-0.4, -0.2) is 56.2 Å². The van der Waals surface area contributed by atoms with Gasteiger partial charge in [-0.3, -0.25) is 4.79 Å². The summed E-state index contributed by atoms with van der Waals surface area (Å²) in [6, 6.07) is 4.54. The van der Waals surface area contributed by atoms with Crippen molar-refractivity contribution in [3.8, 4) is 5.75 Å². The van der Waals surface area contributed by atoms with Gasteiger partial charge in [0.05, 0.1) is 35.6 Å². The summed E-state index contributed by atoms with van der Waals surface area (Å²) in [5.41, 5.74) is 1.98. The van der Waals surface area contributed by atoms with Gasteiger partial charge in [0.2, 0.25) is 15.9 Å². The first-order valence-corrected chi connectivity index (χ1v) is 11.7. The lowest BCUT2D eigenvalue weighted by Crippen LogP contribution is -2.40. The predicted molar refractivity (Wildman–Crippen MR) is 115 cm³/mol. The normalized spacial score (nSPS) is 15.3. The predicted octanol–water partition coefficient (Wildman–Crippen LogP) is 2.67. The minimum absolute atomic E-state index is 0.103. The number of benzene rings is 1. The molecule has 0 spiro atoms. The number of carbonyl (C=O) groups is 1. The van der Waals surface area contributed by atoms with E-state index in [4.69, 9.17) is 14.0 Å². The second-order valence-corrected chi connectivity index (χ2v) is 9.63. The molecule has 0 aliphatic carbocycles. The Kier molecular flexibility index (Phi) is 7.34. The monoisotopic (exact) mass is 451 g/mol. The van der Waals surface area contributed by atoms with Gasteiger partial charge in [-0.05, 0) is 52.3 Å². The third-order valence-electron chi connectivity index (χ3n) is 4.98. The quantitative estimate of drug-likeness (QED) is 0.657. The molecule has 1 amide bonds. The average molecular weight is 452 g/mol. The molecule has 0 radical (unpaired) electrons. The third kappa shape index (κ3) is 5.63. The van der Waals surface area contributed by atoms with E-state index in [2.05, 4.69) is 10.5 Å². The van der Waals surface area contributed by atoms with E-state index in [0.29, 0.717) is 49.9 Å². The summed E-state index contributed by atoms with van der Waals surface area (Å²) >= 11 is 0. The molecule has 1 aliphatic rings. The van der Waals surface area contributed by atoms with Crippen LogP contribution >= 0.6 is 0 Å². The zero-order valence-corrected chi connectivity index (χ0v) is 19.1. The molecule has 1 fully saturated rings. The molecule has 0 atom stereocenters. The van der Waals surface area contributed by atoms with Gasteiger partial charge in [0.25, 0.3) is 0 Å². The van der Waals surface area contributed by atoms with E-state index in [-0.39, 0.29) is 23.3 Å². The smallest absolute Gasteiger partial charge is 0.243 e. The lowest BCUT2D eigenvalue weighted by atomic mass is 10.1. The van der Waals surface area contributed by atoms with Crippen molar-refractivity contribution in [2.45, 2.75) is 51.5 Å². The maximum absolute atomic E-state index is 13.0. The topological polar surface area (TPSA) is 111 Å². The maximum atomic E-state index is 13.0. The Morgan fingerprint density at radius 2 is 1.97 bits per heavy atom. The Morgan fingerprint density at radius 3 is 2.58 bits per heavy atom. The standard InChI is InChI=1S/C21H29N3O6S/c1-14(2)29-20-7-5-17(31(26,27)24-9-11-28-12-10-24)13-19(20)22-21(25)8-6-18-15(3)23-30-16(18)4/h5,7,13-14H,6,8-12H2,1-4H3,(H,22,25). The molecule has 1 saturated heterocycles. The van der Waals surface area contributed by atoms with Crippen LogP contribution in [0.25, 0.3) is 0 Å². The Bertz CT molecular complexity index is 1010. The van der Waals surface area contributed by atoms with Gasteiger partial charge < -0.3 is 19.3 Å². The number of carbonyl (C=O) groups excluding carboxylic acids is 1. The molecule has 3 rings (SSSR count). The number of rotatable bonds is 8. The second-order valence-electron chi connectivity index (χ2n) is 7.69. The highest BCUT2D eigenvalue weighted by Crippen LogP contribution is 2.30. The molecule has 9 nitrogen and oxygen atoms in total. The first-order valence-electron chi connectivity index (χ1n) is 10.3. The number of aromatic nitrogens is 1. The number of ether oxygens (including phenoxy) is 2. The van der Waals surface area contributed by atoms with E-state index >= 15 is 0 Å². The van der Waals surface area contributed by atoms with Crippen LogP contribution < -0.4 is 10.1 Å². The molecule has 0 bridgehead atoms. The highest BCUT2D eigenvalue weighted by atomic mass is 32.2. The van der Waals surface area contributed by atoms with Crippen LogP contribution in [0, 0.1) is 13.8 Å². The number of anilines is 1. The number of morpholine rings is 1. The van der Waals surface area contributed by atoms with Crippen LogP contribution in [0.4, 0.5) is 5.69 Å². The molecule has 2 heterocycles. The second kappa shape index (κ2) is 9.80. The van der Waals surface area contributed by atoms with Gasteiger partial charge >= 0.3 is 0 Å². The first-order chi connectivity index (χ1) is 14.7. The Labute approximate surface area is 182 Å². The summed E-state index contributed by atoms with van der Waals surface area (Å²) in [7, 11) is -3.70. The number of hydrogen-bond donors (Lipinski definition) is 1. The van der Waals surface area contributed by atoms with Gasteiger partial charge in [0, 0.05) is 25.1 Å². The molecule has 170 valence electrons. The maximum Gasteiger partial charge on any atom is 0.243 e. The number of nitrogens with zero attached hydrogens (tertiary/aromatic N) is 2. The van der Waals surface area contributed by atoms with Crippen molar-refractivity contribution < 1.29 is 27.2 Å². The summed E-state index contributed by atoms with van der Waals surface area (Å²) in [6.45, 7) is 8.68. The van der Waals surface area contributed by atoms with E-state index in [0.717, 1.165) is 11.3 Å². The summed E-state index contributed by atoms with van der Waals surface area (Å²) in [5.74, 6) is 0.851. The Hall–Kier alpha value is -2.43. The molecule has 1 aromatic carbocycles. The average Bonchev–Trinajstić information content (AvgIpc) is 3.05. The van der Waals surface area contributed by atoms with Gasteiger partial charge in [-0.2, -0.15) is 4.31 Å². The van der Waals surface area contributed by atoms with Crippen LogP contribution in [-0.2, 0) is 26.0 Å². The van der Waals surface area contributed by atoms with Crippen molar-refractivity contribution >= 4 is 21.6 Å². The number of sulfonamides is 1. The van der Waals surface area contributed by atoms with Gasteiger partial charge in [0.1, 0.15) is 11.5 Å². The van der Waals surface area contributed by atoms with Gasteiger partial charge in [-0.15, -0.1) is 0 Å². The minimum atomic E-state index is -3.70. The summed E-state index contributed by atoms with van der Waals surface area (Å²) in [4.78, 5) is 12.7. The van der Waals surface area contributed by atoms with Crippen LogP contribution in [0.15, 0.2) is 27.6 Å². The highest BCUT2D eigenvalue weighted by molar-refractivity contribution is 7.89. The van der Waals surface area contributed by atoms with E-state index < -0.39 is 10.0 Å². The fraction of sp³-hybridized carbons (Fsp3) is 0.524. The summed E-state index contributed by atoms with van der Waals surface area (Å²) < 4.78 is 43.6. The van der Waals surface area contributed by atoms with Crippen LogP contribution in [0.3, 0.4) is 0 Å². The van der Waals surface area contributed by atoms with Crippen molar-refractivity contribution in [2.75, 3.05) is 31.6 Å². The van der Waals surface area contributed by atoms with E-state index in [1.807, 2.05) is 27.7 Å². The van der Waals surface area contributed by atoms with Crippen molar-refractivity contribution in [1.82, 2.24) is 9.46 Å². The molecule has 0 saturated carbocycles. The summed E-state index contributed by atoms with van der Waals surface area (Å²) in [5, 5.41) is 6.71. The van der Waals surface area contributed by atoms with Crippen molar-refractivity contribution in [3.05, 3.63) is 35.2 Å². The molecule has 10 heteroatoms. The van der Waals surface area contributed by atoms with Gasteiger partial charge in [-0.25, -0.2) is 8.42 Å². The Morgan fingerprint density at radius 1 is 1.26 bits per heavy atom. The molecule has 1 aliphatic heterocycles. The van der Waals surface area contributed by atoms with Crippen LogP contribution in [0.2, 0.25) is 0 Å². The Balaban J connectivity index is 1.80. The molecule has 31 heavy (non-hydrogen) atoms. The summed E-state index contributed by atoms with van der Waals surface area (Å²) in [6.07, 6.45) is 0.531. The lowest BCUT2D eigenvalue weighted by molar-refractivity contribution is -0.116. The van der Waals surface area contributed by atoms with Gasteiger partial charge in [-0.1, -0.05) is 5.16 Å².